The first-order chi connectivity index (χ1) is 10.5. The first kappa shape index (κ1) is 16.0. The minimum absolute atomic E-state index is 0.0298. The third kappa shape index (κ3) is 3.64. The third-order valence-electron chi connectivity index (χ3n) is 3.49. The number of carbonyl (C=O) groups is 2. The van der Waals surface area contributed by atoms with E-state index in [0.29, 0.717) is 23.7 Å². The molecule has 0 aliphatic carbocycles. The molecule has 4 heteroatoms. The average molecular weight is 300 g/mol. The number of hydrogen-bond donors (Lipinski definition) is 0. The third-order valence-corrected chi connectivity index (χ3v) is 3.49. The van der Waals surface area contributed by atoms with Gasteiger partial charge in [-0.25, -0.2) is 0 Å². The first-order valence-corrected chi connectivity index (χ1v) is 7.33. The second-order valence-electron chi connectivity index (χ2n) is 5.13. The van der Waals surface area contributed by atoms with Crippen molar-refractivity contribution in [1.82, 2.24) is 0 Å². The molecule has 2 rings (SSSR count). The maximum Gasteiger partial charge on any atom is 0.313 e. The van der Waals surface area contributed by atoms with Gasteiger partial charge in [0.05, 0.1) is 6.61 Å². The molecule has 0 N–H and O–H groups in total. The van der Waals surface area contributed by atoms with E-state index in [9.17, 15) is 9.59 Å². The first-order valence-electron chi connectivity index (χ1n) is 7.33. The smallest absolute Gasteiger partial charge is 0.313 e. The summed E-state index contributed by atoms with van der Waals surface area (Å²) in [5.74, 6) is 0.507. The van der Waals surface area contributed by atoms with Gasteiger partial charge in [0, 0.05) is 11.5 Å². The Morgan fingerprint density at radius 2 is 1.91 bits per heavy atom. The summed E-state index contributed by atoms with van der Waals surface area (Å²) in [5, 5.41) is 0. The van der Waals surface area contributed by atoms with Gasteiger partial charge in [0.2, 0.25) is 0 Å². The predicted octanol–water partition coefficient (Wildman–Crippen LogP) is 3.50. The van der Waals surface area contributed by atoms with Crippen LogP contribution < -0.4 is 0 Å². The van der Waals surface area contributed by atoms with Crippen molar-refractivity contribution in [2.45, 2.75) is 33.1 Å². The van der Waals surface area contributed by atoms with Crippen molar-refractivity contribution in [2.75, 3.05) is 6.61 Å². The fourth-order valence-electron chi connectivity index (χ4n) is 2.61. The van der Waals surface area contributed by atoms with Crippen LogP contribution in [0.25, 0.3) is 0 Å². The molecule has 0 saturated carbocycles. The number of esters is 1. The fourth-order valence-corrected chi connectivity index (χ4v) is 2.61. The summed E-state index contributed by atoms with van der Waals surface area (Å²) in [5.41, 5.74) is 1.62. The zero-order valence-electron chi connectivity index (χ0n) is 13.1. The van der Waals surface area contributed by atoms with Crippen LogP contribution in [0.2, 0.25) is 0 Å². The van der Waals surface area contributed by atoms with E-state index in [2.05, 4.69) is 0 Å². The summed E-state index contributed by atoms with van der Waals surface area (Å²) in [6.45, 7) is 5.38. The van der Waals surface area contributed by atoms with Crippen LogP contribution in [-0.2, 0) is 19.1 Å². The number of hydrogen-bond acceptors (Lipinski definition) is 4. The summed E-state index contributed by atoms with van der Waals surface area (Å²) in [6.07, 6.45) is 1.90. The van der Waals surface area contributed by atoms with Crippen molar-refractivity contribution < 1.29 is 19.1 Å². The topological polar surface area (TPSA) is 52.6 Å². The molecule has 1 heterocycles. The maximum atomic E-state index is 12.0. The molecule has 0 unspecified atom stereocenters. The largest absolute Gasteiger partial charge is 0.466 e. The Kier molecular flexibility index (Phi) is 5.15. The van der Waals surface area contributed by atoms with Gasteiger partial charge in [0.25, 0.3) is 0 Å². The quantitative estimate of drug-likeness (QED) is 0.781. The summed E-state index contributed by atoms with van der Waals surface area (Å²) < 4.78 is 10.6. The number of carbonyl (C=O) groups excluding carboxylic acids is 2. The van der Waals surface area contributed by atoms with Crippen molar-refractivity contribution in [3.8, 4) is 0 Å². The summed E-state index contributed by atoms with van der Waals surface area (Å²) in [7, 11) is 0. The van der Waals surface area contributed by atoms with E-state index >= 15 is 0 Å². The van der Waals surface area contributed by atoms with Crippen LogP contribution in [-0.4, -0.2) is 18.4 Å². The van der Waals surface area contributed by atoms with Crippen LogP contribution in [0.1, 0.15) is 38.7 Å². The molecule has 1 aliphatic heterocycles. The van der Waals surface area contributed by atoms with Crippen molar-refractivity contribution in [3.05, 3.63) is 59.1 Å². The normalized spacial score (nSPS) is 17.6. The molecule has 1 atom stereocenters. The van der Waals surface area contributed by atoms with Gasteiger partial charge < -0.3 is 9.47 Å². The molecule has 0 spiro atoms. The lowest BCUT2D eigenvalue weighted by Gasteiger charge is -2.25. The molecule has 1 aromatic rings. The van der Waals surface area contributed by atoms with Gasteiger partial charge in [-0.3, -0.25) is 9.59 Å². The zero-order valence-corrected chi connectivity index (χ0v) is 13.1. The maximum absolute atomic E-state index is 12.0. The molecule has 0 bridgehead atoms. The summed E-state index contributed by atoms with van der Waals surface area (Å²) in [6, 6.07) is 9.71. The van der Waals surface area contributed by atoms with Crippen LogP contribution in [0, 0.1) is 0 Å². The number of allylic oxidation sites excluding steroid dienone is 3. The molecule has 4 nitrogen and oxygen atoms in total. The van der Waals surface area contributed by atoms with Crippen LogP contribution in [0.5, 0.6) is 0 Å². The number of ether oxygens (including phenoxy) is 2. The molecule has 0 radical (unpaired) electrons. The molecule has 0 fully saturated rings. The highest BCUT2D eigenvalue weighted by atomic mass is 16.5. The van der Waals surface area contributed by atoms with Crippen LogP contribution in [0.15, 0.2) is 53.5 Å². The highest BCUT2D eigenvalue weighted by Gasteiger charge is 2.27. The molecule has 0 saturated heterocycles. The number of benzene rings is 1. The Labute approximate surface area is 130 Å². The molecule has 22 heavy (non-hydrogen) atoms. The van der Waals surface area contributed by atoms with E-state index < -0.39 is 0 Å². The Balaban J connectivity index is 2.34. The second-order valence-corrected chi connectivity index (χ2v) is 5.13. The standard InChI is InChI=1S/C18H20O4/c1-4-21-17(20)11-15-10-16(14-8-6-5-7-9-14)18(12(2)19)13(3)22-15/h5-10,16H,4,11H2,1-3H3/t16-/m1/s1. The molecular weight excluding hydrogens is 280 g/mol. The molecular formula is C18H20O4. The highest BCUT2D eigenvalue weighted by molar-refractivity contribution is 5.96. The molecule has 1 aromatic carbocycles. The van der Waals surface area contributed by atoms with Gasteiger partial charge in [0.15, 0.2) is 5.78 Å². The van der Waals surface area contributed by atoms with Crippen molar-refractivity contribution in [3.63, 3.8) is 0 Å². The van der Waals surface area contributed by atoms with Gasteiger partial charge in [-0.05, 0) is 32.4 Å². The van der Waals surface area contributed by atoms with E-state index in [-0.39, 0.29) is 24.1 Å². The van der Waals surface area contributed by atoms with Crippen molar-refractivity contribution in [2.24, 2.45) is 0 Å². The minimum atomic E-state index is -0.334. The Morgan fingerprint density at radius 1 is 1.23 bits per heavy atom. The lowest BCUT2D eigenvalue weighted by atomic mass is 9.86. The summed E-state index contributed by atoms with van der Waals surface area (Å²) >= 11 is 0. The van der Waals surface area contributed by atoms with Crippen molar-refractivity contribution in [1.29, 1.82) is 0 Å². The van der Waals surface area contributed by atoms with Crippen LogP contribution >= 0.6 is 0 Å². The Bertz CT molecular complexity index is 626. The van der Waals surface area contributed by atoms with Gasteiger partial charge in [-0.15, -0.1) is 0 Å². The fraction of sp³-hybridized carbons (Fsp3) is 0.333. The summed E-state index contributed by atoms with van der Waals surface area (Å²) in [4.78, 5) is 23.6. The van der Waals surface area contributed by atoms with Crippen LogP contribution in [0.4, 0.5) is 0 Å². The number of rotatable bonds is 5. The second kappa shape index (κ2) is 7.07. The molecule has 116 valence electrons. The molecule has 0 amide bonds. The predicted molar refractivity (Wildman–Crippen MR) is 83.0 cm³/mol. The monoisotopic (exact) mass is 300 g/mol. The van der Waals surface area contributed by atoms with Gasteiger partial charge in [-0.2, -0.15) is 0 Å². The number of ketones is 1. The van der Waals surface area contributed by atoms with Gasteiger partial charge in [0.1, 0.15) is 17.9 Å². The zero-order chi connectivity index (χ0) is 16.1. The highest BCUT2D eigenvalue weighted by Crippen LogP contribution is 2.35. The van der Waals surface area contributed by atoms with E-state index in [4.69, 9.17) is 9.47 Å². The van der Waals surface area contributed by atoms with E-state index in [1.54, 1.807) is 13.8 Å². The molecule has 1 aliphatic rings. The van der Waals surface area contributed by atoms with Gasteiger partial charge in [-0.1, -0.05) is 30.3 Å². The van der Waals surface area contributed by atoms with Gasteiger partial charge >= 0.3 is 5.97 Å². The van der Waals surface area contributed by atoms with E-state index in [0.717, 1.165) is 5.56 Å². The lowest BCUT2D eigenvalue weighted by molar-refractivity contribution is -0.142. The Morgan fingerprint density at radius 3 is 2.50 bits per heavy atom. The Hall–Kier alpha value is -2.36. The van der Waals surface area contributed by atoms with Crippen molar-refractivity contribution >= 4 is 11.8 Å². The molecule has 0 aromatic heterocycles. The van der Waals surface area contributed by atoms with Crippen LogP contribution in [0.3, 0.4) is 0 Å². The van der Waals surface area contributed by atoms with E-state index in [1.807, 2.05) is 36.4 Å². The minimum Gasteiger partial charge on any atom is -0.466 e. The SMILES string of the molecule is CCOC(=O)CC1=C[C@H](c2ccccc2)C(C(C)=O)=C(C)O1. The van der Waals surface area contributed by atoms with E-state index in [1.165, 1.54) is 6.92 Å². The lowest BCUT2D eigenvalue weighted by Crippen LogP contribution is -2.17. The number of Topliss-reactive ketones (excluding diaryl/α,β-unsaturated/α-hetero) is 1. The average Bonchev–Trinajstić information content (AvgIpc) is 2.47.